The van der Waals surface area contributed by atoms with Crippen LogP contribution in [0.4, 0.5) is 45.6 Å². The van der Waals surface area contributed by atoms with Gasteiger partial charge in [-0.3, -0.25) is 4.79 Å². The second-order valence-corrected chi connectivity index (χ2v) is 7.10. The number of rotatable bonds is 3. The van der Waals surface area contributed by atoms with Crippen molar-refractivity contribution in [3.63, 3.8) is 0 Å². The van der Waals surface area contributed by atoms with Gasteiger partial charge in [-0.2, -0.15) is 26.3 Å². The van der Waals surface area contributed by atoms with E-state index in [-0.39, 0.29) is 12.2 Å². The van der Waals surface area contributed by atoms with Crippen molar-refractivity contribution in [2.45, 2.75) is 38.4 Å². The lowest BCUT2D eigenvalue weighted by Gasteiger charge is -2.29. The van der Waals surface area contributed by atoms with E-state index in [2.05, 4.69) is 10.3 Å². The summed E-state index contributed by atoms with van der Waals surface area (Å²) in [4.78, 5) is 28.9. The molecule has 2 N–H and O–H groups in total. The zero-order valence-electron chi connectivity index (χ0n) is 16.6. The van der Waals surface area contributed by atoms with Crippen molar-refractivity contribution < 1.29 is 44.7 Å². The highest BCUT2D eigenvalue weighted by molar-refractivity contribution is 5.94. The summed E-state index contributed by atoms with van der Waals surface area (Å²) in [6, 6.07) is -0.814. The maximum absolute atomic E-state index is 13.4. The van der Waals surface area contributed by atoms with Crippen LogP contribution in [-0.2, 0) is 19.3 Å². The van der Waals surface area contributed by atoms with Crippen molar-refractivity contribution in [2.75, 3.05) is 11.9 Å². The SMILES string of the molecule is C[C@@H](NC(=O)c1nc(C(F)(F)F)n2c1CN(C(=O)Nc1ccc(F)c(F)c1)CC2)C(F)(F)F. The second kappa shape index (κ2) is 8.51. The third kappa shape index (κ3) is 5.17. The predicted octanol–water partition coefficient (Wildman–Crippen LogP) is 3.91. The molecule has 0 fully saturated rings. The van der Waals surface area contributed by atoms with Gasteiger partial charge < -0.3 is 20.1 Å². The minimum atomic E-state index is -5.01. The molecule has 0 spiro atoms. The van der Waals surface area contributed by atoms with E-state index in [9.17, 15) is 44.7 Å². The molecular weight excluding hydrogens is 470 g/mol. The molecule has 1 aromatic heterocycles. The number of benzene rings is 1. The number of carbonyl (C=O) groups is 2. The molecule has 0 radical (unpaired) electrons. The largest absolute Gasteiger partial charge is 0.449 e. The third-order valence-electron chi connectivity index (χ3n) is 4.77. The van der Waals surface area contributed by atoms with Crippen LogP contribution in [0.25, 0.3) is 0 Å². The topological polar surface area (TPSA) is 79.3 Å². The Labute approximate surface area is 180 Å². The van der Waals surface area contributed by atoms with Crippen LogP contribution in [0.5, 0.6) is 0 Å². The van der Waals surface area contributed by atoms with Crippen molar-refractivity contribution in [2.24, 2.45) is 0 Å². The van der Waals surface area contributed by atoms with E-state index in [1.807, 2.05) is 0 Å². The summed E-state index contributed by atoms with van der Waals surface area (Å²) in [5, 5.41) is 3.77. The number of carbonyl (C=O) groups excluding carboxylic acids is 2. The second-order valence-electron chi connectivity index (χ2n) is 7.10. The highest BCUT2D eigenvalue weighted by Gasteiger charge is 2.43. The van der Waals surface area contributed by atoms with Gasteiger partial charge in [-0.1, -0.05) is 0 Å². The molecule has 0 aliphatic carbocycles. The van der Waals surface area contributed by atoms with Gasteiger partial charge in [0.2, 0.25) is 5.82 Å². The molecular formula is C18H15F8N5O2. The molecule has 2 aromatic rings. The predicted molar refractivity (Wildman–Crippen MR) is 96.0 cm³/mol. The first kappa shape index (κ1) is 24.3. The number of urea groups is 1. The number of alkyl halides is 6. The van der Waals surface area contributed by atoms with Crippen LogP contribution in [0.1, 0.15) is 28.9 Å². The fraction of sp³-hybridized carbons (Fsp3) is 0.389. The Morgan fingerprint density at radius 3 is 2.30 bits per heavy atom. The molecule has 0 unspecified atom stereocenters. The highest BCUT2D eigenvalue weighted by Crippen LogP contribution is 2.32. The molecule has 33 heavy (non-hydrogen) atoms. The van der Waals surface area contributed by atoms with E-state index >= 15 is 0 Å². The van der Waals surface area contributed by atoms with Crippen molar-refractivity contribution in [1.29, 1.82) is 0 Å². The number of anilines is 1. The average molecular weight is 485 g/mol. The lowest BCUT2D eigenvalue weighted by atomic mass is 10.2. The van der Waals surface area contributed by atoms with Gasteiger partial charge in [0.05, 0.1) is 12.2 Å². The Hall–Kier alpha value is -3.39. The van der Waals surface area contributed by atoms with Crippen LogP contribution in [0.2, 0.25) is 0 Å². The summed E-state index contributed by atoms with van der Waals surface area (Å²) < 4.78 is 105. The number of hydrogen-bond donors (Lipinski definition) is 2. The number of amides is 3. The van der Waals surface area contributed by atoms with Gasteiger partial charge in [-0.15, -0.1) is 0 Å². The first-order valence-corrected chi connectivity index (χ1v) is 9.23. The Morgan fingerprint density at radius 2 is 1.73 bits per heavy atom. The standard InChI is InChI=1S/C18H15F8N5O2/c1-8(17(21,22)23)27-14(32)13-12-7-30(4-5-31(12)15(29-13)18(24,25)26)16(33)28-9-2-3-10(19)11(20)6-9/h2-3,6,8H,4-5,7H2,1H3,(H,27,32)(H,28,33)/t8-/m1/s1. The van der Waals surface area contributed by atoms with Gasteiger partial charge in [0.1, 0.15) is 6.04 Å². The van der Waals surface area contributed by atoms with E-state index in [0.29, 0.717) is 17.6 Å². The molecule has 0 bridgehead atoms. The van der Waals surface area contributed by atoms with E-state index < -0.39 is 72.3 Å². The van der Waals surface area contributed by atoms with Crippen LogP contribution in [-0.4, -0.2) is 45.2 Å². The molecule has 0 saturated heterocycles. The van der Waals surface area contributed by atoms with E-state index in [4.69, 9.17) is 0 Å². The number of hydrogen-bond acceptors (Lipinski definition) is 3. The first-order valence-electron chi connectivity index (χ1n) is 9.23. The van der Waals surface area contributed by atoms with E-state index in [1.54, 1.807) is 5.32 Å². The Kier molecular flexibility index (Phi) is 6.26. The minimum absolute atomic E-state index is 0.147. The fourth-order valence-corrected chi connectivity index (χ4v) is 3.06. The van der Waals surface area contributed by atoms with Gasteiger partial charge >= 0.3 is 18.4 Å². The quantitative estimate of drug-likeness (QED) is 0.648. The number of fused-ring (bicyclic) bond motifs is 1. The third-order valence-corrected chi connectivity index (χ3v) is 4.77. The molecule has 15 heteroatoms. The van der Waals surface area contributed by atoms with Gasteiger partial charge in [-0.05, 0) is 19.1 Å². The minimum Gasteiger partial charge on any atom is -0.339 e. The first-order chi connectivity index (χ1) is 15.2. The smallest absolute Gasteiger partial charge is 0.339 e. The zero-order chi connectivity index (χ0) is 24.7. The number of nitrogens with zero attached hydrogens (tertiary/aromatic N) is 3. The van der Waals surface area contributed by atoms with Crippen LogP contribution in [0.3, 0.4) is 0 Å². The van der Waals surface area contributed by atoms with Crippen molar-refractivity contribution in [1.82, 2.24) is 19.8 Å². The molecule has 1 aromatic carbocycles. The van der Waals surface area contributed by atoms with E-state index in [1.165, 1.54) is 0 Å². The van der Waals surface area contributed by atoms with Crippen LogP contribution in [0.15, 0.2) is 18.2 Å². The Balaban J connectivity index is 1.88. The maximum atomic E-state index is 13.4. The normalized spacial score (nSPS) is 15.1. The number of halogens is 8. The summed E-state index contributed by atoms with van der Waals surface area (Å²) >= 11 is 0. The van der Waals surface area contributed by atoms with E-state index in [0.717, 1.165) is 17.0 Å². The van der Waals surface area contributed by atoms with Crippen molar-refractivity contribution >= 4 is 17.6 Å². The molecule has 7 nitrogen and oxygen atoms in total. The Morgan fingerprint density at radius 1 is 1.06 bits per heavy atom. The summed E-state index contributed by atoms with van der Waals surface area (Å²) in [7, 11) is 0. The van der Waals surface area contributed by atoms with Crippen LogP contribution in [0, 0.1) is 11.6 Å². The lowest BCUT2D eigenvalue weighted by Crippen LogP contribution is -2.44. The molecule has 0 saturated carbocycles. The summed E-state index contributed by atoms with van der Waals surface area (Å²) in [6.07, 6.45) is -9.86. The van der Waals surface area contributed by atoms with Gasteiger partial charge in [0, 0.05) is 24.8 Å². The van der Waals surface area contributed by atoms with Crippen molar-refractivity contribution in [3.8, 4) is 0 Å². The lowest BCUT2D eigenvalue weighted by molar-refractivity contribution is -0.149. The van der Waals surface area contributed by atoms with Crippen molar-refractivity contribution in [3.05, 3.63) is 47.0 Å². The molecule has 3 rings (SSSR count). The monoisotopic (exact) mass is 485 g/mol. The summed E-state index contributed by atoms with van der Waals surface area (Å²) in [5.41, 5.74) is -1.49. The van der Waals surface area contributed by atoms with Gasteiger partial charge in [-0.25, -0.2) is 18.6 Å². The number of imidazole rings is 1. The van der Waals surface area contributed by atoms with Crippen LogP contribution < -0.4 is 10.6 Å². The summed E-state index contributed by atoms with van der Waals surface area (Å²) in [5.74, 6) is -5.42. The molecule has 1 aliphatic rings. The van der Waals surface area contributed by atoms with Gasteiger partial charge in [0.25, 0.3) is 5.91 Å². The number of aromatic nitrogens is 2. The maximum Gasteiger partial charge on any atom is 0.449 e. The average Bonchev–Trinajstić information content (AvgIpc) is 3.09. The number of nitrogens with one attached hydrogen (secondary N) is 2. The molecule has 3 amide bonds. The molecule has 180 valence electrons. The zero-order valence-corrected chi connectivity index (χ0v) is 16.6. The Bertz CT molecular complexity index is 1080. The molecule has 1 atom stereocenters. The summed E-state index contributed by atoms with van der Waals surface area (Å²) in [6.45, 7) is -0.763. The highest BCUT2D eigenvalue weighted by atomic mass is 19.4. The van der Waals surface area contributed by atoms with Gasteiger partial charge in [0.15, 0.2) is 17.3 Å². The molecule has 2 heterocycles. The van der Waals surface area contributed by atoms with Crippen LogP contribution >= 0.6 is 0 Å². The molecule has 1 aliphatic heterocycles. The fourth-order valence-electron chi connectivity index (χ4n) is 3.06.